The van der Waals surface area contributed by atoms with Crippen molar-refractivity contribution in [2.45, 2.75) is 39.8 Å². The van der Waals surface area contributed by atoms with Crippen molar-refractivity contribution in [1.82, 2.24) is 15.0 Å². The quantitative estimate of drug-likeness (QED) is 0.855. The molecule has 2 fully saturated rings. The van der Waals surface area contributed by atoms with Crippen molar-refractivity contribution in [3.8, 4) is 0 Å². The Morgan fingerprint density at radius 1 is 1.33 bits per heavy atom. The molecular weight excluding hydrogens is 322 g/mol. The molecule has 24 heavy (non-hydrogen) atoms. The summed E-state index contributed by atoms with van der Waals surface area (Å²) in [5.41, 5.74) is 2.09. The van der Waals surface area contributed by atoms with E-state index in [-0.39, 0.29) is 11.3 Å². The lowest BCUT2D eigenvalue weighted by atomic mass is 9.86. The van der Waals surface area contributed by atoms with Crippen LogP contribution in [0.2, 0.25) is 0 Å². The first-order valence-corrected chi connectivity index (χ1v) is 9.37. The Hall–Kier alpha value is -1.66. The second kappa shape index (κ2) is 6.01. The van der Waals surface area contributed by atoms with Crippen LogP contribution in [0, 0.1) is 19.3 Å². The summed E-state index contributed by atoms with van der Waals surface area (Å²) in [7, 11) is 0. The molecule has 0 N–H and O–H groups in total. The van der Waals surface area contributed by atoms with Gasteiger partial charge in [-0.15, -0.1) is 11.3 Å². The molecule has 2 aliphatic rings. The van der Waals surface area contributed by atoms with Crippen molar-refractivity contribution in [3.63, 3.8) is 0 Å². The predicted molar refractivity (Wildman–Crippen MR) is 92.7 cm³/mol. The average molecular weight is 345 g/mol. The Kier molecular flexibility index (Phi) is 3.96. The summed E-state index contributed by atoms with van der Waals surface area (Å²) in [6.07, 6.45) is 1.79. The van der Waals surface area contributed by atoms with Gasteiger partial charge in [-0.25, -0.2) is 0 Å². The van der Waals surface area contributed by atoms with Crippen LogP contribution < -0.4 is 0 Å². The minimum atomic E-state index is 0.132. The SMILES string of the molecule is Cc1noc(C)c1CN1CC2(CCN(Cc3cccs3)C2)CC1=O. The minimum absolute atomic E-state index is 0.132. The Labute approximate surface area is 146 Å². The predicted octanol–water partition coefficient (Wildman–Crippen LogP) is 2.98. The van der Waals surface area contributed by atoms with E-state index in [0.717, 1.165) is 49.6 Å². The highest BCUT2D eigenvalue weighted by atomic mass is 32.1. The van der Waals surface area contributed by atoms with Crippen LogP contribution in [0.4, 0.5) is 0 Å². The van der Waals surface area contributed by atoms with Gasteiger partial charge in [0.15, 0.2) is 0 Å². The summed E-state index contributed by atoms with van der Waals surface area (Å²) in [6.45, 7) is 8.48. The molecule has 2 aromatic rings. The van der Waals surface area contributed by atoms with E-state index in [1.54, 1.807) is 0 Å². The van der Waals surface area contributed by atoms with Gasteiger partial charge < -0.3 is 9.42 Å². The Balaban J connectivity index is 1.42. The molecule has 128 valence electrons. The van der Waals surface area contributed by atoms with Crippen LogP contribution in [-0.4, -0.2) is 40.5 Å². The van der Waals surface area contributed by atoms with Gasteiger partial charge in [0.1, 0.15) is 5.76 Å². The normalized spacial score (nSPS) is 24.6. The smallest absolute Gasteiger partial charge is 0.223 e. The van der Waals surface area contributed by atoms with Crippen LogP contribution in [0.25, 0.3) is 0 Å². The first-order valence-electron chi connectivity index (χ1n) is 8.49. The first kappa shape index (κ1) is 15.8. The van der Waals surface area contributed by atoms with Gasteiger partial charge in [-0.2, -0.15) is 0 Å². The van der Waals surface area contributed by atoms with Crippen LogP contribution in [-0.2, 0) is 17.9 Å². The van der Waals surface area contributed by atoms with Crippen LogP contribution in [0.1, 0.15) is 34.7 Å². The Bertz CT molecular complexity index is 720. The number of hydrogen-bond donors (Lipinski definition) is 0. The fourth-order valence-electron chi connectivity index (χ4n) is 4.10. The molecule has 0 aliphatic carbocycles. The van der Waals surface area contributed by atoms with E-state index in [9.17, 15) is 4.79 Å². The average Bonchev–Trinajstić information content (AvgIpc) is 3.30. The molecule has 0 aromatic carbocycles. The number of likely N-dealkylation sites (tertiary alicyclic amines) is 2. The standard InChI is InChI=1S/C18H23N3O2S/c1-13-16(14(2)23-19-13)10-21-12-18(8-17(21)22)5-6-20(11-18)9-15-4-3-7-24-15/h3-4,7H,5-6,8-12H2,1-2H3. The van der Waals surface area contributed by atoms with E-state index in [0.29, 0.717) is 13.0 Å². The molecule has 1 spiro atoms. The lowest BCUT2D eigenvalue weighted by molar-refractivity contribution is -0.128. The van der Waals surface area contributed by atoms with E-state index >= 15 is 0 Å². The van der Waals surface area contributed by atoms with Crippen molar-refractivity contribution < 1.29 is 9.32 Å². The van der Waals surface area contributed by atoms with Crippen molar-refractivity contribution >= 4 is 17.2 Å². The molecule has 1 unspecified atom stereocenters. The third kappa shape index (κ3) is 2.89. The monoisotopic (exact) mass is 345 g/mol. The van der Waals surface area contributed by atoms with Gasteiger partial charge in [0.05, 0.1) is 12.2 Å². The van der Waals surface area contributed by atoms with Crippen LogP contribution in [0.3, 0.4) is 0 Å². The fourth-order valence-corrected chi connectivity index (χ4v) is 4.85. The van der Waals surface area contributed by atoms with Crippen LogP contribution in [0.15, 0.2) is 22.0 Å². The highest BCUT2D eigenvalue weighted by molar-refractivity contribution is 7.09. The zero-order chi connectivity index (χ0) is 16.7. The van der Waals surface area contributed by atoms with Gasteiger partial charge in [-0.05, 0) is 38.3 Å². The third-order valence-electron chi connectivity index (χ3n) is 5.41. The summed E-state index contributed by atoms with van der Waals surface area (Å²) in [6, 6.07) is 4.30. The molecule has 0 bridgehead atoms. The fraction of sp³-hybridized carbons (Fsp3) is 0.556. The third-order valence-corrected chi connectivity index (χ3v) is 6.27. The maximum Gasteiger partial charge on any atom is 0.223 e. The van der Waals surface area contributed by atoms with E-state index in [1.807, 2.05) is 30.1 Å². The molecule has 1 amide bonds. The number of carbonyl (C=O) groups is 1. The molecule has 2 aromatic heterocycles. The summed E-state index contributed by atoms with van der Waals surface area (Å²) in [5, 5.41) is 6.14. The lowest BCUT2D eigenvalue weighted by Gasteiger charge is -2.24. The first-order chi connectivity index (χ1) is 11.5. The van der Waals surface area contributed by atoms with Crippen molar-refractivity contribution in [1.29, 1.82) is 0 Å². The molecule has 6 heteroatoms. The molecule has 4 rings (SSSR count). The van der Waals surface area contributed by atoms with Crippen molar-refractivity contribution in [2.24, 2.45) is 5.41 Å². The summed E-state index contributed by atoms with van der Waals surface area (Å²) < 4.78 is 5.24. The molecule has 0 saturated carbocycles. The number of amides is 1. The van der Waals surface area contributed by atoms with E-state index < -0.39 is 0 Å². The van der Waals surface area contributed by atoms with Gasteiger partial charge in [0, 0.05) is 41.9 Å². The van der Waals surface area contributed by atoms with Gasteiger partial charge in [0.25, 0.3) is 0 Å². The maximum absolute atomic E-state index is 12.6. The number of hydrogen-bond acceptors (Lipinski definition) is 5. The van der Waals surface area contributed by atoms with Crippen molar-refractivity contribution in [2.75, 3.05) is 19.6 Å². The Morgan fingerprint density at radius 2 is 2.21 bits per heavy atom. The number of rotatable bonds is 4. The highest BCUT2D eigenvalue weighted by Crippen LogP contribution is 2.41. The van der Waals surface area contributed by atoms with Crippen LogP contribution in [0.5, 0.6) is 0 Å². The topological polar surface area (TPSA) is 49.6 Å². The zero-order valence-corrected chi connectivity index (χ0v) is 15.1. The lowest BCUT2D eigenvalue weighted by Crippen LogP contribution is -2.31. The minimum Gasteiger partial charge on any atom is -0.361 e. The second-order valence-corrected chi connectivity index (χ2v) is 8.30. The molecule has 1 atom stereocenters. The van der Waals surface area contributed by atoms with Gasteiger partial charge in [-0.3, -0.25) is 9.69 Å². The number of nitrogens with zero attached hydrogens (tertiary/aromatic N) is 3. The van der Waals surface area contributed by atoms with E-state index in [2.05, 4.69) is 27.6 Å². The van der Waals surface area contributed by atoms with Gasteiger partial charge in [0.2, 0.25) is 5.91 Å². The Morgan fingerprint density at radius 3 is 2.92 bits per heavy atom. The molecule has 4 heterocycles. The number of carbonyl (C=O) groups excluding carboxylic acids is 1. The molecule has 2 saturated heterocycles. The summed E-state index contributed by atoms with van der Waals surface area (Å²) >= 11 is 1.81. The summed E-state index contributed by atoms with van der Waals surface area (Å²) in [4.78, 5) is 18.5. The highest BCUT2D eigenvalue weighted by Gasteiger charge is 2.47. The van der Waals surface area contributed by atoms with Gasteiger partial charge in [-0.1, -0.05) is 11.2 Å². The molecular formula is C18H23N3O2S. The molecule has 5 nitrogen and oxygen atoms in total. The zero-order valence-electron chi connectivity index (χ0n) is 14.2. The molecule has 2 aliphatic heterocycles. The van der Waals surface area contributed by atoms with Crippen molar-refractivity contribution in [3.05, 3.63) is 39.4 Å². The number of aryl methyl sites for hydroxylation is 2. The van der Waals surface area contributed by atoms with Gasteiger partial charge >= 0.3 is 0 Å². The largest absolute Gasteiger partial charge is 0.361 e. The maximum atomic E-state index is 12.6. The second-order valence-electron chi connectivity index (χ2n) is 7.27. The van der Waals surface area contributed by atoms with E-state index in [1.165, 1.54) is 4.88 Å². The van der Waals surface area contributed by atoms with Crippen LogP contribution >= 0.6 is 11.3 Å². The number of aromatic nitrogens is 1. The number of thiophene rings is 1. The molecule has 0 radical (unpaired) electrons. The summed E-state index contributed by atoms with van der Waals surface area (Å²) in [5.74, 6) is 1.10. The van der Waals surface area contributed by atoms with E-state index in [4.69, 9.17) is 4.52 Å².